The minimum atomic E-state index is -5.08. The molecular formula is C52H60FN8O12PS. The lowest BCUT2D eigenvalue weighted by Crippen LogP contribution is -2.60. The summed E-state index contributed by atoms with van der Waals surface area (Å²) in [6, 6.07) is 17.6. The Labute approximate surface area is 434 Å². The molecule has 2 aromatic heterocycles. The van der Waals surface area contributed by atoms with Gasteiger partial charge in [0.15, 0.2) is 0 Å². The standard InChI is InChI=1S/C52H60FN8O12PS/c1-52(2,3)45(55-48(65)41-22-32-21-31(11-14-40(32)75-41)46(53)74(69,70)71)50(67)59-17-16-38(44(59)49(66)57-18-19-72-39(27-57)30-8-6-5-7-9-30)73-28-43(63)60-26-33-23-34(60)25-58(33)24-29-10-12-35-37(20-29)56(4)51(68)61(35)36-13-15-42(62)54-47(36)64/h5-12,14,20-22,33-34,36,38-39,44-46H,13,15-19,23-28H2,1-4H3,(H,55,65)(H,54,62,64)(H2,69,70,71)/t33-,34-,36?,38-,39+,44+,45-,46?/m1/s1. The van der Waals surface area contributed by atoms with Crippen molar-refractivity contribution in [3.05, 3.63) is 105 Å². The van der Waals surface area contributed by atoms with Crippen LogP contribution in [0.15, 0.2) is 77.6 Å². The van der Waals surface area contributed by atoms with Gasteiger partial charge in [0, 0.05) is 63.0 Å². The summed E-state index contributed by atoms with van der Waals surface area (Å²) in [6.07, 6.45) is 0.0906. The second-order valence-electron chi connectivity index (χ2n) is 21.3. The summed E-state index contributed by atoms with van der Waals surface area (Å²) in [5, 5.41) is 5.63. The molecule has 5 aliphatic heterocycles. The Hall–Kier alpha value is -6.13. The molecule has 20 nitrogen and oxygen atoms in total. The Morgan fingerprint density at radius 3 is 2.41 bits per heavy atom. The predicted molar refractivity (Wildman–Crippen MR) is 273 cm³/mol. The number of ether oxygens (including phenoxy) is 2. The molecule has 0 radical (unpaired) electrons. The Kier molecular flexibility index (Phi) is 14.3. The molecule has 5 aromatic rings. The maximum atomic E-state index is 15.0. The summed E-state index contributed by atoms with van der Waals surface area (Å²) in [6.45, 7) is 7.50. The van der Waals surface area contributed by atoms with Gasteiger partial charge in [0.2, 0.25) is 35.4 Å². The molecule has 8 atom stereocenters. The molecule has 23 heteroatoms. The molecule has 5 fully saturated rings. The number of imide groups is 1. The number of morpholine rings is 1. The number of amides is 6. The molecule has 4 N–H and O–H groups in total. The molecule has 2 unspecified atom stereocenters. The van der Waals surface area contributed by atoms with Gasteiger partial charge >= 0.3 is 13.3 Å². The second-order valence-corrected chi connectivity index (χ2v) is 24.0. The summed E-state index contributed by atoms with van der Waals surface area (Å²) in [5.41, 5.74) is 1.66. The minimum absolute atomic E-state index is 0.0595. The number of hydrogen-bond acceptors (Lipinski definition) is 12. The van der Waals surface area contributed by atoms with Gasteiger partial charge < -0.3 is 39.3 Å². The number of carbonyl (C=O) groups excluding carboxylic acids is 6. The summed E-state index contributed by atoms with van der Waals surface area (Å²) in [7, 11) is -3.42. The number of aromatic nitrogens is 2. The first kappa shape index (κ1) is 52.3. The molecule has 0 aliphatic carbocycles. The van der Waals surface area contributed by atoms with Crippen LogP contribution in [0.3, 0.4) is 0 Å². The van der Waals surface area contributed by atoms with E-state index in [0.717, 1.165) is 28.9 Å². The molecule has 5 saturated heterocycles. The molecule has 5 aliphatic rings. The Morgan fingerprint density at radius 1 is 0.933 bits per heavy atom. The van der Waals surface area contributed by atoms with Crippen molar-refractivity contribution in [2.75, 3.05) is 45.9 Å². The third-order valence-electron chi connectivity index (χ3n) is 15.3. The molecule has 0 spiro atoms. The van der Waals surface area contributed by atoms with Gasteiger partial charge in [-0.05, 0) is 77.1 Å². The second kappa shape index (κ2) is 20.4. The monoisotopic (exact) mass is 1070 g/mol. The zero-order chi connectivity index (χ0) is 53.2. The third-order valence-corrected chi connectivity index (χ3v) is 17.3. The lowest BCUT2D eigenvalue weighted by atomic mass is 9.85. The molecule has 10 rings (SSSR count). The van der Waals surface area contributed by atoms with Crippen molar-refractivity contribution in [1.82, 2.24) is 39.4 Å². The fourth-order valence-electron chi connectivity index (χ4n) is 11.4. The number of likely N-dealkylation sites (tertiary alicyclic amines) is 3. The lowest BCUT2D eigenvalue weighted by Gasteiger charge is -2.39. The lowest BCUT2D eigenvalue weighted by molar-refractivity contribution is -0.156. The number of rotatable bonds is 13. The number of alkyl halides is 1. The van der Waals surface area contributed by atoms with Crippen molar-refractivity contribution in [3.63, 3.8) is 0 Å². The van der Waals surface area contributed by atoms with E-state index in [2.05, 4.69) is 15.5 Å². The predicted octanol–water partition coefficient (Wildman–Crippen LogP) is 3.89. The van der Waals surface area contributed by atoms with E-state index in [-0.39, 0.29) is 98.0 Å². The first-order valence-electron chi connectivity index (χ1n) is 25.1. The number of carbonyl (C=O) groups is 6. The first-order chi connectivity index (χ1) is 35.6. The van der Waals surface area contributed by atoms with E-state index in [1.54, 1.807) is 32.7 Å². The van der Waals surface area contributed by atoms with E-state index in [9.17, 15) is 52.3 Å². The SMILES string of the molecule is Cn1c(=O)n(C2CCC(=O)NC2=O)c2ccc(CN3C[C@H]4C[C@@H]3CN4C(=O)CO[C@@H]3CCN(C(=O)[C@@H](NC(=O)c4cc5cc(C(F)P(=O)(O)O)ccc5s4)C(C)(C)C)[C@@H]3C(=O)N3CCO[C@H](c4ccccc4)C3)cc21. The van der Waals surface area contributed by atoms with Crippen LogP contribution in [0.4, 0.5) is 4.39 Å². The number of nitrogens with one attached hydrogen (secondary N) is 2. The fourth-order valence-corrected chi connectivity index (χ4v) is 12.9. The molecule has 398 valence electrons. The van der Waals surface area contributed by atoms with Crippen LogP contribution in [-0.2, 0) is 51.6 Å². The van der Waals surface area contributed by atoms with Crippen molar-refractivity contribution in [1.29, 1.82) is 0 Å². The van der Waals surface area contributed by atoms with Crippen molar-refractivity contribution >= 4 is 75.5 Å². The summed E-state index contributed by atoms with van der Waals surface area (Å²) in [5.74, 6) is -5.12. The zero-order valence-corrected chi connectivity index (χ0v) is 43.6. The van der Waals surface area contributed by atoms with Crippen molar-refractivity contribution < 1.29 is 57.0 Å². The number of thiophene rings is 1. The maximum Gasteiger partial charge on any atom is 0.363 e. The molecular weight excluding hydrogens is 1010 g/mol. The average Bonchev–Trinajstić information content (AvgIpc) is 4.24. The van der Waals surface area contributed by atoms with E-state index in [1.807, 2.05) is 53.4 Å². The van der Waals surface area contributed by atoms with Gasteiger partial charge in [0.1, 0.15) is 30.8 Å². The van der Waals surface area contributed by atoms with Gasteiger partial charge in [-0.1, -0.05) is 63.2 Å². The Balaban J connectivity index is 0.827. The third kappa shape index (κ3) is 10.3. The highest BCUT2D eigenvalue weighted by molar-refractivity contribution is 7.51. The largest absolute Gasteiger partial charge is 0.370 e. The van der Waals surface area contributed by atoms with E-state index < -0.39 is 67.0 Å². The van der Waals surface area contributed by atoms with Gasteiger partial charge in [-0.15, -0.1) is 11.3 Å². The highest BCUT2D eigenvalue weighted by atomic mass is 32.1. The van der Waals surface area contributed by atoms with Crippen LogP contribution in [0.5, 0.6) is 0 Å². The Bertz CT molecular complexity index is 3210. The van der Waals surface area contributed by atoms with Crippen LogP contribution in [-0.4, -0.2) is 150 Å². The van der Waals surface area contributed by atoms with Gasteiger partial charge in [-0.3, -0.25) is 52.7 Å². The number of piperazine rings is 1. The quantitative estimate of drug-likeness (QED) is 0.0968. The molecule has 0 saturated carbocycles. The summed E-state index contributed by atoms with van der Waals surface area (Å²) in [4.78, 5) is 122. The normalized spacial score (nSPS) is 24.3. The summed E-state index contributed by atoms with van der Waals surface area (Å²) >= 11 is 1.07. The summed E-state index contributed by atoms with van der Waals surface area (Å²) < 4.78 is 42.3. The molecule has 6 amide bonds. The molecule has 3 aromatic carbocycles. The topological polar surface area (TPSA) is 242 Å². The van der Waals surface area contributed by atoms with E-state index in [4.69, 9.17) is 9.47 Å². The first-order valence-corrected chi connectivity index (χ1v) is 27.6. The molecule has 2 bridgehead atoms. The van der Waals surface area contributed by atoms with Crippen LogP contribution in [0, 0.1) is 5.41 Å². The number of benzene rings is 3. The highest BCUT2D eigenvalue weighted by Gasteiger charge is 2.50. The van der Waals surface area contributed by atoms with Crippen molar-refractivity contribution in [3.8, 4) is 0 Å². The van der Waals surface area contributed by atoms with Crippen molar-refractivity contribution in [2.45, 2.75) is 101 Å². The molecule has 75 heavy (non-hydrogen) atoms. The number of aryl methyl sites for hydroxylation is 1. The van der Waals surface area contributed by atoms with Crippen molar-refractivity contribution in [2.24, 2.45) is 12.5 Å². The average molecular weight is 1070 g/mol. The van der Waals surface area contributed by atoms with Gasteiger partial charge in [-0.2, -0.15) is 0 Å². The number of halogens is 1. The van der Waals surface area contributed by atoms with Crippen LogP contribution in [0.2, 0.25) is 0 Å². The van der Waals surface area contributed by atoms with E-state index in [0.29, 0.717) is 40.8 Å². The van der Waals surface area contributed by atoms with Crippen LogP contribution >= 0.6 is 18.9 Å². The smallest absolute Gasteiger partial charge is 0.363 e. The number of imidazole rings is 1. The van der Waals surface area contributed by atoms with Crippen LogP contribution in [0.25, 0.3) is 21.1 Å². The van der Waals surface area contributed by atoms with Gasteiger partial charge in [0.05, 0.1) is 35.2 Å². The van der Waals surface area contributed by atoms with E-state index in [1.165, 1.54) is 38.3 Å². The van der Waals surface area contributed by atoms with Gasteiger partial charge in [-0.25, -0.2) is 9.18 Å². The zero-order valence-electron chi connectivity index (χ0n) is 41.9. The number of fused-ring (bicyclic) bond motifs is 4. The van der Waals surface area contributed by atoms with E-state index >= 15 is 0 Å². The van der Waals surface area contributed by atoms with Gasteiger partial charge in [0.25, 0.3) is 5.91 Å². The molecule has 7 heterocycles. The number of piperidine rings is 1. The minimum Gasteiger partial charge on any atom is -0.370 e. The number of hydrogen-bond donors (Lipinski definition) is 4. The maximum absolute atomic E-state index is 15.0. The number of nitrogens with zero attached hydrogens (tertiary/aromatic N) is 6. The van der Waals surface area contributed by atoms with Crippen LogP contribution < -0.4 is 16.3 Å². The fraction of sp³-hybridized carbons (Fsp3) is 0.481. The Morgan fingerprint density at radius 2 is 1.71 bits per heavy atom. The van der Waals surface area contributed by atoms with Crippen LogP contribution in [0.1, 0.15) is 90.9 Å². The highest BCUT2D eigenvalue weighted by Crippen LogP contribution is 2.53.